The average Bonchev–Trinajstić information content (AvgIpc) is 3.41. The number of nitrogens with zero attached hydrogens (tertiary/aromatic N) is 2. The maximum absolute atomic E-state index is 12.4. The lowest BCUT2D eigenvalue weighted by molar-refractivity contribution is -0.146. The van der Waals surface area contributed by atoms with Crippen molar-refractivity contribution in [2.24, 2.45) is 5.92 Å². The van der Waals surface area contributed by atoms with Crippen LogP contribution in [-0.2, 0) is 19.9 Å². The molecule has 1 aliphatic carbocycles. The number of rotatable bonds is 6. The molecule has 8 nitrogen and oxygen atoms in total. The second kappa shape index (κ2) is 11.0. The van der Waals surface area contributed by atoms with E-state index in [-0.39, 0.29) is 35.8 Å². The zero-order valence-corrected chi connectivity index (χ0v) is 20.7. The summed E-state index contributed by atoms with van der Waals surface area (Å²) in [6.07, 6.45) is 9.16. The van der Waals surface area contributed by atoms with Crippen LogP contribution in [0.15, 0.2) is 23.8 Å². The quantitative estimate of drug-likeness (QED) is 0.608. The van der Waals surface area contributed by atoms with Crippen LogP contribution in [0, 0.1) is 5.92 Å². The van der Waals surface area contributed by atoms with E-state index in [1.54, 1.807) is 12.3 Å². The number of amides is 2. The van der Waals surface area contributed by atoms with Gasteiger partial charge in [-0.1, -0.05) is 12.8 Å². The van der Waals surface area contributed by atoms with Gasteiger partial charge in [0.25, 0.3) is 5.91 Å². The zero-order valence-electron chi connectivity index (χ0n) is 19.8. The molecule has 2 amide bonds. The van der Waals surface area contributed by atoms with Crippen LogP contribution in [0.25, 0.3) is 0 Å². The van der Waals surface area contributed by atoms with Crippen molar-refractivity contribution >= 4 is 34.3 Å². The van der Waals surface area contributed by atoms with Gasteiger partial charge in [-0.15, -0.1) is 11.3 Å². The van der Waals surface area contributed by atoms with Crippen LogP contribution in [-0.4, -0.2) is 41.0 Å². The Morgan fingerprint density at radius 1 is 1.18 bits per heavy atom. The van der Waals surface area contributed by atoms with Crippen molar-refractivity contribution in [3.8, 4) is 0 Å². The molecule has 2 N–H and O–H groups in total. The molecule has 1 saturated carbocycles. The van der Waals surface area contributed by atoms with Crippen LogP contribution < -0.4 is 10.6 Å². The molecular formula is C24H34N4O4S. The number of ether oxygens (including phenoxy) is 1. The lowest BCUT2D eigenvalue weighted by atomic mass is 9.84. The van der Waals surface area contributed by atoms with Gasteiger partial charge < -0.3 is 19.9 Å². The van der Waals surface area contributed by atoms with Crippen molar-refractivity contribution in [3.05, 3.63) is 35.1 Å². The second-order valence-electron chi connectivity index (χ2n) is 9.57. The van der Waals surface area contributed by atoms with E-state index in [4.69, 9.17) is 4.74 Å². The van der Waals surface area contributed by atoms with Crippen molar-refractivity contribution < 1.29 is 19.1 Å². The van der Waals surface area contributed by atoms with Gasteiger partial charge in [0.1, 0.15) is 0 Å². The standard InChI is InChI=1S/C24H34N4O4S/c1-24(2,3)28-12-11-18(14-28)21(30)25-13-20(29)27-23-26-19(15-33-23)16-7-5-9-17(10-6-8-16)22(31)32-4/h11-12,14-17H,5-10,13H2,1-4H3,(H,25,30)(H,26,27,29). The highest BCUT2D eigenvalue weighted by Gasteiger charge is 2.24. The molecule has 0 unspecified atom stereocenters. The molecule has 0 aliphatic heterocycles. The number of methoxy groups -OCH3 is 1. The number of thiazole rings is 1. The van der Waals surface area contributed by atoms with Crippen LogP contribution in [0.2, 0.25) is 0 Å². The van der Waals surface area contributed by atoms with Gasteiger partial charge in [0, 0.05) is 29.2 Å². The Labute approximate surface area is 199 Å². The maximum Gasteiger partial charge on any atom is 0.308 e. The Hall–Kier alpha value is -2.68. The number of esters is 1. The third-order valence-corrected chi connectivity index (χ3v) is 6.85. The van der Waals surface area contributed by atoms with Gasteiger partial charge >= 0.3 is 5.97 Å². The van der Waals surface area contributed by atoms with E-state index >= 15 is 0 Å². The Bertz CT molecular complexity index is 965. The van der Waals surface area contributed by atoms with Crippen LogP contribution in [0.3, 0.4) is 0 Å². The predicted octanol–water partition coefficient (Wildman–Crippen LogP) is 4.30. The molecule has 0 saturated heterocycles. The predicted molar refractivity (Wildman–Crippen MR) is 128 cm³/mol. The monoisotopic (exact) mass is 474 g/mol. The summed E-state index contributed by atoms with van der Waals surface area (Å²) in [5.74, 6) is -0.364. The summed E-state index contributed by atoms with van der Waals surface area (Å²) in [5, 5.41) is 7.98. The summed E-state index contributed by atoms with van der Waals surface area (Å²) in [7, 11) is 1.45. The van der Waals surface area contributed by atoms with Gasteiger partial charge in [0.15, 0.2) is 5.13 Å². The molecule has 1 fully saturated rings. The fraction of sp³-hybridized carbons (Fsp3) is 0.583. The second-order valence-corrected chi connectivity index (χ2v) is 10.4. The van der Waals surface area contributed by atoms with Gasteiger partial charge in [-0.05, 0) is 52.5 Å². The van der Waals surface area contributed by atoms with E-state index in [0.717, 1.165) is 44.2 Å². The van der Waals surface area contributed by atoms with Crippen LogP contribution in [0.5, 0.6) is 0 Å². The molecule has 1 aliphatic rings. The Kier molecular flexibility index (Phi) is 8.29. The summed E-state index contributed by atoms with van der Waals surface area (Å²) in [6, 6.07) is 1.74. The van der Waals surface area contributed by atoms with Gasteiger partial charge in [-0.3, -0.25) is 14.4 Å². The fourth-order valence-electron chi connectivity index (χ4n) is 4.11. The number of anilines is 1. The Morgan fingerprint density at radius 3 is 2.48 bits per heavy atom. The summed E-state index contributed by atoms with van der Waals surface area (Å²) in [6.45, 7) is 6.05. The highest BCUT2D eigenvalue weighted by atomic mass is 32.1. The zero-order chi connectivity index (χ0) is 24.0. The highest BCUT2D eigenvalue weighted by molar-refractivity contribution is 7.13. The van der Waals surface area contributed by atoms with Crippen molar-refractivity contribution in [1.29, 1.82) is 0 Å². The van der Waals surface area contributed by atoms with Gasteiger partial charge in [-0.25, -0.2) is 4.98 Å². The lowest BCUT2D eigenvalue weighted by Crippen LogP contribution is -2.32. The molecule has 2 aromatic rings. The number of nitrogens with one attached hydrogen (secondary N) is 2. The van der Waals surface area contributed by atoms with Crippen LogP contribution in [0.4, 0.5) is 5.13 Å². The first-order valence-corrected chi connectivity index (χ1v) is 12.3. The normalized spacial score (nSPS) is 19.3. The largest absolute Gasteiger partial charge is 0.469 e. The van der Waals surface area contributed by atoms with Crippen molar-refractivity contribution in [1.82, 2.24) is 14.9 Å². The summed E-state index contributed by atoms with van der Waals surface area (Å²) < 4.78 is 6.86. The molecule has 0 atom stereocenters. The molecule has 0 spiro atoms. The van der Waals surface area contributed by atoms with Crippen LogP contribution >= 0.6 is 11.3 Å². The van der Waals surface area contributed by atoms with E-state index in [2.05, 4.69) is 36.4 Å². The van der Waals surface area contributed by atoms with Crippen LogP contribution in [0.1, 0.15) is 81.3 Å². The summed E-state index contributed by atoms with van der Waals surface area (Å²) in [4.78, 5) is 41.1. The number of carbonyl (C=O) groups is 3. The topological polar surface area (TPSA) is 102 Å². The Balaban J connectivity index is 1.47. The minimum absolute atomic E-state index is 0.00321. The summed E-state index contributed by atoms with van der Waals surface area (Å²) in [5.41, 5.74) is 1.39. The lowest BCUT2D eigenvalue weighted by Gasteiger charge is -2.22. The minimum atomic E-state index is -0.307. The van der Waals surface area contributed by atoms with E-state index in [1.165, 1.54) is 18.4 Å². The van der Waals surface area contributed by atoms with Crippen molar-refractivity contribution in [3.63, 3.8) is 0 Å². The minimum Gasteiger partial charge on any atom is -0.469 e. The molecule has 0 aromatic carbocycles. The molecule has 3 rings (SSSR count). The average molecular weight is 475 g/mol. The van der Waals surface area contributed by atoms with Crippen molar-refractivity contribution in [2.75, 3.05) is 19.0 Å². The van der Waals surface area contributed by atoms with Gasteiger partial charge in [0.2, 0.25) is 5.91 Å². The number of carbonyl (C=O) groups excluding carboxylic acids is 3. The van der Waals surface area contributed by atoms with Crippen molar-refractivity contribution in [2.45, 2.75) is 70.8 Å². The van der Waals surface area contributed by atoms with E-state index in [0.29, 0.717) is 16.6 Å². The third kappa shape index (κ3) is 6.90. The molecule has 9 heteroatoms. The molecule has 2 heterocycles. The van der Waals surface area contributed by atoms with E-state index < -0.39 is 0 Å². The summed E-state index contributed by atoms with van der Waals surface area (Å²) >= 11 is 1.40. The van der Waals surface area contributed by atoms with Gasteiger partial charge in [0.05, 0.1) is 30.8 Å². The molecule has 0 bridgehead atoms. The molecule has 2 aromatic heterocycles. The first-order chi connectivity index (χ1) is 15.7. The van der Waals surface area contributed by atoms with Gasteiger partial charge in [-0.2, -0.15) is 0 Å². The van der Waals surface area contributed by atoms with E-state index in [1.807, 2.05) is 16.1 Å². The first kappa shape index (κ1) is 25.0. The molecule has 0 radical (unpaired) electrons. The molecular weight excluding hydrogens is 440 g/mol. The maximum atomic E-state index is 12.4. The SMILES string of the molecule is COC(=O)C1CCCC(c2csc(NC(=O)CNC(=O)c3ccn(C(C)(C)C)c3)n2)CCC1. The highest BCUT2D eigenvalue weighted by Crippen LogP contribution is 2.34. The number of hydrogen-bond acceptors (Lipinski definition) is 6. The number of hydrogen-bond donors (Lipinski definition) is 2. The fourth-order valence-corrected chi connectivity index (χ4v) is 4.92. The molecule has 33 heavy (non-hydrogen) atoms. The smallest absolute Gasteiger partial charge is 0.308 e. The number of aromatic nitrogens is 2. The third-order valence-electron chi connectivity index (χ3n) is 6.07. The first-order valence-electron chi connectivity index (χ1n) is 11.5. The molecule has 180 valence electrons. The van der Waals surface area contributed by atoms with E-state index in [9.17, 15) is 14.4 Å². The Morgan fingerprint density at radius 2 is 1.88 bits per heavy atom.